The van der Waals surface area contributed by atoms with Crippen LogP contribution < -0.4 is 10.5 Å². The third-order valence-electron chi connectivity index (χ3n) is 2.26. The summed E-state index contributed by atoms with van der Waals surface area (Å²) in [4.78, 5) is 0. The molecule has 106 valence electrons. The molecular formula is C11H11F5N2O. The largest absolute Gasteiger partial charge is 0.487 e. The van der Waals surface area contributed by atoms with Crippen molar-refractivity contribution in [1.29, 1.82) is 5.41 Å². The standard InChI is InChI=1S/C11H11F5N2O/c12-6-7(13)9(15)11(10(16)8(6)14)19-4-2-1-3-5(17)18/h1-4H2,(H3,17,18). The summed E-state index contributed by atoms with van der Waals surface area (Å²) >= 11 is 0. The van der Waals surface area contributed by atoms with Crippen LogP contribution in [0.2, 0.25) is 0 Å². The first-order valence-electron chi connectivity index (χ1n) is 5.33. The van der Waals surface area contributed by atoms with Crippen molar-refractivity contribution in [2.24, 2.45) is 5.73 Å². The van der Waals surface area contributed by atoms with E-state index in [0.29, 0.717) is 6.42 Å². The molecule has 8 heteroatoms. The number of hydrogen-bond donors (Lipinski definition) is 2. The van der Waals surface area contributed by atoms with Gasteiger partial charge in [0.25, 0.3) is 0 Å². The normalized spacial score (nSPS) is 10.6. The average molecular weight is 282 g/mol. The Bertz CT molecular complexity index is 463. The third kappa shape index (κ3) is 3.55. The first-order chi connectivity index (χ1) is 8.86. The van der Waals surface area contributed by atoms with Crippen molar-refractivity contribution in [3.63, 3.8) is 0 Å². The monoisotopic (exact) mass is 282 g/mol. The summed E-state index contributed by atoms with van der Waals surface area (Å²) in [5, 5.41) is 6.92. The lowest BCUT2D eigenvalue weighted by Crippen LogP contribution is -2.11. The van der Waals surface area contributed by atoms with E-state index in [4.69, 9.17) is 11.1 Å². The molecule has 19 heavy (non-hydrogen) atoms. The molecule has 1 aromatic rings. The molecule has 0 amide bonds. The van der Waals surface area contributed by atoms with Crippen molar-refractivity contribution in [3.8, 4) is 5.75 Å². The number of ether oxygens (including phenoxy) is 1. The fourth-order valence-electron chi connectivity index (χ4n) is 1.30. The van der Waals surface area contributed by atoms with Crippen molar-refractivity contribution in [3.05, 3.63) is 29.1 Å². The van der Waals surface area contributed by atoms with Gasteiger partial charge in [0, 0.05) is 6.42 Å². The van der Waals surface area contributed by atoms with E-state index in [1.54, 1.807) is 0 Å². The minimum absolute atomic E-state index is 0.0590. The number of hydrogen-bond acceptors (Lipinski definition) is 2. The second kappa shape index (κ2) is 6.35. The number of rotatable bonds is 6. The lowest BCUT2D eigenvalue weighted by atomic mass is 10.2. The Morgan fingerprint density at radius 2 is 1.37 bits per heavy atom. The highest BCUT2D eigenvalue weighted by Gasteiger charge is 2.26. The van der Waals surface area contributed by atoms with Gasteiger partial charge in [0.2, 0.25) is 29.1 Å². The number of unbranched alkanes of at least 4 members (excludes halogenated alkanes) is 1. The fraction of sp³-hybridized carbons (Fsp3) is 0.364. The zero-order chi connectivity index (χ0) is 14.6. The third-order valence-corrected chi connectivity index (χ3v) is 2.26. The van der Waals surface area contributed by atoms with Crippen LogP contribution in [0.1, 0.15) is 19.3 Å². The molecule has 0 fully saturated rings. The predicted molar refractivity (Wildman–Crippen MR) is 57.5 cm³/mol. The van der Waals surface area contributed by atoms with E-state index >= 15 is 0 Å². The number of halogens is 5. The van der Waals surface area contributed by atoms with E-state index in [1.165, 1.54) is 0 Å². The number of amidine groups is 1. The molecule has 0 saturated heterocycles. The summed E-state index contributed by atoms with van der Waals surface area (Å²) in [7, 11) is 0. The average Bonchev–Trinajstić information content (AvgIpc) is 2.37. The molecule has 0 unspecified atom stereocenters. The SMILES string of the molecule is N=C(N)CCCCOc1c(F)c(F)c(F)c(F)c1F. The van der Waals surface area contributed by atoms with Gasteiger partial charge in [-0.25, -0.2) is 13.2 Å². The van der Waals surface area contributed by atoms with Crippen molar-refractivity contribution >= 4 is 5.84 Å². The van der Waals surface area contributed by atoms with Crippen LogP contribution >= 0.6 is 0 Å². The topological polar surface area (TPSA) is 59.1 Å². The van der Waals surface area contributed by atoms with Crippen LogP contribution in [0.25, 0.3) is 0 Å². The Kier molecular flexibility index (Phi) is 5.08. The quantitative estimate of drug-likeness (QED) is 0.210. The van der Waals surface area contributed by atoms with E-state index in [0.717, 1.165) is 0 Å². The van der Waals surface area contributed by atoms with E-state index < -0.39 is 34.8 Å². The van der Waals surface area contributed by atoms with Gasteiger partial charge in [-0.15, -0.1) is 0 Å². The van der Waals surface area contributed by atoms with E-state index in [-0.39, 0.29) is 25.3 Å². The second-order valence-corrected chi connectivity index (χ2v) is 3.73. The van der Waals surface area contributed by atoms with Crippen molar-refractivity contribution < 1.29 is 26.7 Å². The van der Waals surface area contributed by atoms with Crippen LogP contribution in [0.4, 0.5) is 22.0 Å². The van der Waals surface area contributed by atoms with Crippen molar-refractivity contribution in [2.75, 3.05) is 6.61 Å². The summed E-state index contributed by atoms with van der Waals surface area (Å²) in [6.45, 7) is -0.244. The molecule has 0 spiro atoms. The summed E-state index contributed by atoms with van der Waals surface area (Å²) in [5.41, 5.74) is 5.07. The molecule has 0 saturated carbocycles. The van der Waals surface area contributed by atoms with E-state index in [2.05, 4.69) is 4.74 Å². The molecule has 0 aliphatic heterocycles. The van der Waals surface area contributed by atoms with E-state index in [1.807, 2.05) is 0 Å². The van der Waals surface area contributed by atoms with Crippen LogP contribution in [0, 0.1) is 34.5 Å². The summed E-state index contributed by atoms with van der Waals surface area (Å²) < 4.78 is 69.1. The van der Waals surface area contributed by atoms with Gasteiger partial charge in [0.1, 0.15) is 0 Å². The van der Waals surface area contributed by atoms with Crippen LogP contribution in [-0.4, -0.2) is 12.4 Å². The molecule has 0 aliphatic rings. The van der Waals surface area contributed by atoms with Crippen LogP contribution in [-0.2, 0) is 0 Å². The second-order valence-electron chi connectivity index (χ2n) is 3.73. The van der Waals surface area contributed by atoms with Crippen LogP contribution in [0.15, 0.2) is 0 Å². The summed E-state index contributed by atoms with van der Waals surface area (Å²) in [6, 6.07) is 0. The summed E-state index contributed by atoms with van der Waals surface area (Å²) in [5.74, 6) is -11.7. The molecule has 3 N–H and O–H groups in total. The van der Waals surface area contributed by atoms with Gasteiger partial charge in [-0.1, -0.05) is 0 Å². The van der Waals surface area contributed by atoms with Crippen LogP contribution in [0.3, 0.4) is 0 Å². The lowest BCUT2D eigenvalue weighted by molar-refractivity contribution is 0.257. The van der Waals surface area contributed by atoms with Gasteiger partial charge in [-0.3, -0.25) is 5.41 Å². The Labute approximate surface area is 105 Å². The zero-order valence-corrected chi connectivity index (χ0v) is 9.70. The molecular weight excluding hydrogens is 271 g/mol. The molecule has 0 heterocycles. The number of nitrogens with one attached hydrogen (secondary N) is 1. The highest BCUT2D eigenvalue weighted by Crippen LogP contribution is 2.29. The lowest BCUT2D eigenvalue weighted by Gasteiger charge is -2.10. The predicted octanol–water partition coefficient (Wildman–Crippen LogP) is 2.87. The van der Waals surface area contributed by atoms with Gasteiger partial charge < -0.3 is 10.5 Å². The number of nitrogens with two attached hydrogens (primary N) is 1. The van der Waals surface area contributed by atoms with Crippen molar-refractivity contribution in [1.82, 2.24) is 0 Å². The van der Waals surface area contributed by atoms with Crippen molar-refractivity contribution in [2.45, 2.75) is 19.3 Å². The maximum atomic E-state index is 13.1. The first-order valence-corrected chi connectivity index (χ1v) is 5.33. The highest BCUT2D eigenvalue weighted by atomic mass is 19.2. The van der Waals surface area contributed by atoms with Gasteiger partial charge in [0.15, 0.2) is 5.75 Å². The molecule has 0 aliphatic carbocycles. The maximum Gasteiger partial charge on any atom is 0.206 e. The van der Waals surface area contributed by atoms with Gasteiger partial charge in [0.05, 0.1) is 12.4 Å². The molecule has 0 aromatic heterocycles. The molecule has 1 rings (SSSR count). The Morgan fingerprint density at radius 3 is 1.84 bits per heavy atom. The first kappa shape index (κ1) is 15.2. The fourth-order valence-corrected chi connectivity index (χ4v) is 1.30. The summed E-state index contributed by atoms with van der Waals surface area (Å²) in [6.07, 6.45) is 0.935. The minimum atomic E-state index is -2.22. The van der Waals surface area contributed by atoms with Gasteiger partial charge in [-0.2, -0.15) is 8.78 Å². The number of benzene rings is 1. The minimum Gasteiger partial charge on any atom is -0.487 e. The molecule has 3 nitrogen and oxygen atoms in total. The highest BCUT2D eigenvalue weighted by molar-refractivity contribution is 5.76. The molecule has 0 bridgehead atoms. The van der Waals surface area contributed by atoms with Crippen LogP contribution in [0.5, 0.6) is 5.75 Å². The van der Waals surface area contributed by atoms with Gasteiger partial charge in [-0.05, 0) is 12.8 Å². The Balaban J connectivity index is 2.71. The Hall–Kier alpha value is -1.86. The van der Waals surface area contributed by atoms with Gasteiger partial charge >= 0.3 is 0 Å². The molecule has 0 radical (unpaired) electrons. The maximum absolute atomic E-state index is 13.1. The molecule has 0 atom stereocenters. The molecule has 1 aromatic carbocycles. The Morgan fingerprint density at radius 1 is 0.895 bits per heavy atom. The smallest absolute Gasteiger partial charge is 0.206 e. The van der Waals surface area contributed by atoms with E-state index in [9.17, 15) is 22.0 Å². The zero-order valence-electron chi connectivity index (χ0n) is 9.70.